The maximum atomic E-state index is 12.0. The highest BCUT2D eigenvalue weighted by Gasteiger charge is 2.23. The zero-order chi connectivity index (χ0) is 18.8. The van der Waals surface area contributed by atoms with Crippen LogP contribution in [0, 0.1) is 10.1 Å². The molecule has 0 aliphatic rings. The van der Waals surface area contributed by atoms with Crippen LogP contribution in [0.1, 0.15) is 38.2 Å². The third kappa shape index (κ3) is 7.34. The molecule has 0 amide bonds. The summed E-state index contributed by atoms with van der Waals surface area (Å²) in [6.07, 6.45) is 1.90. The highest BCUT2D eigenvalue weighted by molar-refractivity contribution is 6.30. The molecule has 0 bridgehead atoms. The van der Waals surface area contributed by atoms with E-state index in [0.717, 1.165) is 0 Å². The third-order valence-electron chi connectivity index (χ3n) is 3.13. The van der Waals surface area contributed by atoms with Gasteiger partial charge in [0.25, 0.3) is 0 Å². The summed E-state index contributed by atoms with van der Waals surface area (Å²) in [5.74, 6) is -2.61. The average molecular weight is 370 g/mol. The quantitative estimate of drug-likeness (QED) is 0.217. The third-order valence-corrected chi connectivity index (χ3v) is 3.36. The molecular formula is C17H20ClNO6. The zero-order valence-electron chi connectivity index (χ0n) is 14.1. The van der Waals surface area contributed by atoms with Crippen LogP contribution >= 0.6 is 11.6 Å². The van der Waals surface area contributed by atoms with Gasteiger partial charge in [-0.1, -0.05) is 30.7 Å². The monoisotopic (exact) mass is 369 g/mol. The predicted octanol–water partition coefficient (Wildman–Crippen LogP) is 3.49. The molecule has 0 unspecified atom stereocenters. The second kappa shape index (κ2) is 10.5. The van der Waals surface area contributed by atoms with Crippen LogP contribution in [0.15, 0.2) is 36.1 Å². The van der Waals surface area contributed by atoms with Crippen LogP contribution in [0.2, 0.25) is 5.02 Å². The topological polar surface area (TPSA) is 95.7 Å². The van der Waals surface area contributed by atoms with Crippen molar-refractivity contribution in [3.05, 3.63) is 56.8 Å². The lowest BCUT2D eigenvalue weighted by Gasteiger charge is -2.13. The maximum absolute atomic E-state index is 12.0. The van der Waals surface area contributed by atoms with Gasteiger partial charge >= 0.3 is 11.9 Å². The summed E-state index contributed by atoms with van der Waals surface area (Å²) in [5, 5.41) is 11.4. The first-order chi connectivity index (χ1) is 11.9. The highest BCUT2D eigenvalue weighted by Crippen LogP contribution is 2.23. The molecule has 0 aliphatic carbocycles. The Bertz CT molecular complexity index is 658. The molecule has 0 saturated carbocycles. The Balaban J connectivity index is 3.21. The van der Waals surface area contributed by atoms with Crippen molar-refractivity contribution in [2.75, 3.05) is 13.2 Å². The second-order valence-corrected chi connectivity index (χ2v) is 5.59. The summed E-state index contributed by atoms with van der Waals surface area (Å²) < 4.78 is 9.93. The van der Waals surface area contributed by atoms with Crippen LogP contribution in [0.25, 0.3) is 0 Å². The van der Waals surface area contributed by atoms with Gasteiger partial charge in [0.1, 0.15) is 0 Å². The van der Waals surface area contributed by atoms with E-state index < -0.39 is 29.3 Å². The van der Waals surface area contributed by atoms with E-state index >= 15 is 0 Å². The first kappa shape index (κ1) is 20.6. The fourth-order valence-corrected chi connectivity index (χ4v) is 2.26. The molecule has 1 aromatic carbocycles. The molecular weight excluding hydrogens is 350 g/mol. The summed E-state index contributed by atoms with van der Waals surface area (Å²) in [5.41, 5.74) is 0.525. The summed E-state index contributed by atoms with van der Waals surface area (Å²) in [6, 6.07) is 6.48. The largest absolute Gasteiger partial charge is 0.460 e. The smallest absolute Gasteiger partial charge is 0.374 e. The van der Waals surface area contributed by atoms with Crippen LogP contribution in [0.5, 0.6) is 0 Å². The van der Waals surface area contributed by atoms with Crippen LogP contribution in [0.3, 0.4) is 0 Å². The van der Waals surface area contributed by atoms with Gasteiger partial charge in [0.05, 0.1) is 12.5 Å². The summed E-state index contributed by atoms with van der Waals surface area (Å²) in [7, 11) is 0. The SMILES string of the molecule is CCCC(=O)O/C(=C\[C@@H](C[N+](=O)[O-])c1cccc(Cl)c1)C(=O)OCC. The van der Waals surface area contributed by atoms with Gasteiger partial charge in [-0.15, -0.1) is 0 Å². The molecule has 0 aromatic heterocycles. The number of nitro groups is 1. The van der Waals surface area contributed by atoms with Crippen molar-refractivity contribution in [3.63, 3.8) is 0 Å². The number of esters is 2. The van der Waals surface area contributed by atoms with E-state index in [1.165, 1.54) is 6.08 Å². The fraction of sp³-hybridized carbons (Fsp3) is 0.412. The molecule has 0 radical (unpaired) electrons. The Morgan fingerprint density at radius 2 is 2.08 bits per heavy atom. The molecule has 0 saturated heterocycles. The van der Waals surface area contributed by atoms with Crippen molar-refractivity contribution in [1.29, 1.82) is 0 Å². The minimum Gasteiger partial charge on any atom is -0.460 e. The first-order valence-electron chi connectivity index (χ1n) is 7.84. The van der Waals surface area contributed by atoms with Crippen molar-refractivity contribution >= 4 is 23.5 Å². The predicted molar refractivity (Wildman–Crippen MR) is 91.8 cm³/mol. The van der Waals surface area contributed by atoms with E-state index in [0.29, 0.717) is 17.0 Å². The van der Waals surface area contributed by atoms with Gasteiger partial charge in [0.2, 0.25) is 12.3 Å². The van der Waals surface area contributed by atoms with Crippen molar-refractivity contribution in [2.24, 2.45) is 0 Å². The van der Waals surface area contributed by atoms with Crippen LogP contribution in [-0.4, -0.2) is 30.0 Å². The Hall–Kier alpha value is -2.41. The normalized spacial score (nSPS) is 12.4. The lowest BCUT2D eigenvalue weighted by molar-refractivity contribution is -0.481. The Kier molecular flexibility index (Phi) is 8.63. The van der Waals surface area contributed by atoms with Crippen molar-refractivity contribution in [3.8, 4) is 0 Å². The number of hydrogen-bond donors (Lipinski definition) is 0. The summed E-state index contributed by atoms with van der Waals surface area (Å²) >= 11 is 5.93. The fourth-order valence-electron chi connectivity index (χ4n) is 2.06. The van der Waals surface area contributed by atoms with Crippen LogP contribution < -0.4 is 0 Å². The van der Waals surface area contributed by atoms with Crippen molar-refractivity contribution in [2.45, 2.75) is 32.6 Å². The van der Waals surface area contributed by atoms with Gasteiger partial charge in [0, 0.05) is 16.4 Å². The molecule has 25 heavy (non-hydrogen) atoms. The van der Waals surface area contributed by atoms with Crippen LogP contribution in [-0.2, 0) is 19.1 Å². The molecule has 0 spiro atoms. The number of halogens is 1. The molecule has 0 aliphatic heterocycles. The number of rotatable bonds is 9. The summed E-state index contributed by atoms with van der Waals surface area (Å²) in [4.78, 5) is 34.2. The van der Waals surface area contributed by atoms with E-state index in [2.05, 4.69) is 0 Å². The first-order valence-corrected chi connectivity index (χ1v) is 8.22. The number of ether oxygens (including phenoxy) is 2. The molecule has 1 aromatic rings. The molecule has 8 heteroatoms. The van der Waals surface area contributed by atoms with Gasteiger partial charge in [0.15, 0.2) is 0 Å². The number of hydrogen-bond acceptors (Lipinski definition) is 6. The average Bonchev–Trinajstić information content (AvgIpc) is 2.53. The number of benzene rings is 1. The van der Waals surface area contributed by atoms with E-state index in [-0.39, 0.29) is 18.8 Å². The van der Waals surface area contributed by atoms with Crippen LogP contribution in [0.4, 0.5) is 0 Å². The number of carbonyl (C=O) groups is 2. The molecule has 0 fully saturated rings. The molecule has 1 atom stereocenters. The van der Waals surface area contributed by atoms with E-state index in [4.69, 9.17) is 21.1 Å². The molecule has 0 N–H and O–H groups in total. The Morgan fingerprint density at radius 1 is 1.36 bits per heavy atom. The van der Waals surface area contributed by atoms with Crippen molar-refractivity contribution < 1.29 is 24.0 Å². The number of nitrogens with zero attached hydrogens (tertiary/aromatic N) is 1. The molecule has 1 rings (SSSR count). The van der Waals surface area contributed by atoms with Gasteiger partial charge in [-0.3, -0.25) is 14.9 Å². The molecule has 7 nitrogen and oxygen atoms in total. The van der Waals surface area contributed by atoms with E-state index in [9.17, 15) is 19.7 Å². The Morgan fingerprint density at radius 3 is 2.64 bits per heavy atom. The van der Waals surface area contributed by atoms with E-state index in [1.54, 1.807) is 38.1 Å². The maximum Gasteiger partial charge on any atom is 0.374 e. The lowest BCUT2D eigenvalue weighted by atomic mass is 9.98. The minimum atomic E-state index is -0.845. The van der Waals surface area contributed by atoms with Gasteiger partial charge in [-0.2, -0.15) is 0 Å². The van der Waals surface area contributed by atoms with Gasteiger partial charge in [-0.25, -0.2) is 4.79 Å². The van der Waals surface area contributed by atoms with Gasteiger partial charge < -0.3 is 9.47 Å². The Labute approximate surface area is 150 Å². The highest BCUT2D eigenvalue weighted by atomic mass is 35.5. The minimum absolute atomic E-state index is 0.0819. The van der Waals surface area contributed by atoms with Gasteiger partial charge in [-0.05, 0) is 37.1 Å². The second-order valence-electron chi connectivity index (χ2n) is 5.15. The number of carbonyl (C=O) groups excluding carboxylic acids is 2. The standard InChI is InChI=1S/C17H20ClNO6/c1-3-6-16(20)25-15(17(21)24-4-2)10-13(11-19(22)23)12-7-5-8-14(18)9-12/h5,7-10,13H,3-4,6,11H2,1-2H3/b15-10-/t13-/m0/s1. The lowest BCUT2D eigenvalue weighted by Crippen LogP contribution is -2.18. The van der Waals surface area contributed by atoms with Crippen molar-refractivity contribution in [1.82, 2.24) is 0 Å². The van der Waals surface area contributed by atoms with E-state index in [1.807, 2.05) is 0 Å². The zero-order valence-corrected chi connectivity index (χ0v) is 14.8. The molecule has 0 heterocycles. The summed E-state index contributed by atoms with van der Waals surface area (Å²) in [6.45, 7) is 2.98. The molecule has 136 valence electrons.